The first-order chi connectivity index (χ1) is 14.4. The van der Waals surface area contributed by atoms with Crippen LogP contribution in [0.5, 0.6) is 0 Å². The lowest BCUT2D eigenvalue weighted by Gasteiger charge is -2.16. The number of carbonyl (C=O) groups is 1. The van der Waals surface area contributed by atoms with E-state index in [2.05, 4.69) is 29.4 Å². The number of carbonyl (C=O) groups excluding carboxylic acids is 1. The Hall–Kier alpha value is -2.38. The summed E-state index contributed by atoms with van der Waals surface area (Å²) in [6, 6.07) is 13.7. The highest BCUT2D eigenvalue weighted by Crippen LogP contribution is 2.27. The van der Waals surface area contributed by atoms with Crippen molar-refractivity contribution in [3.05, 3.63) is 64.9 Å². The van der Waals surface area contributed by atoms with Crippen molar-refractivity contribution in [1.29, 1.82) is 0 Å². The fourth-order valence-corrected chi connectivity index (χ4v) is 4.14. The molecule has 0 aliphatic heterocycles. The molecule has 5 nitrogen and oxygen atoms in total. The third kappa shape index (κ3) is 5.40. The Morgan fingerprint density at radius 3 is 2.53 bits per heavy atom. The minimum Gasteiger partial charge on any atom is -0.349 e. The van der Waals surface area contributed by atoms with E-state index in [1.54, 1.807) is 24.3 Å². The number of hydrogen-bond acceptors (Lipinski definition) is 4. The molecule has 0 spiro atoms. The molecule has 1 atom stereocenters. The molecule has 1 N–H and O–H groups in total. The van der Waals surface area contributed by atoms with Crippen molar-refractivity contribution >= 4 is 29.3 Å². The monoisotopic (exact) mass is 446 g/mol. The normalized spacial score (nSPS) is 12.2. The first-order valence-electron chi connectivity index (χ1n) is 9.71. The molecule has 0 radical (unpaired) electrons. The minimum atomic E-state index is -0.349. The average molecular weight is 447 g/mol. The van der Waals surface area contributed by atoms with Crippen LogP contribution in [0.1, 0.15) is 32.4 Å². The van der Waals surface area contributed by atoms with E-state index in [1.165, 1.54) is 17.8 Å². The van der Waals surface area contributed by atoms with Gasteiger partial charge in [0.25, 0.3) is 0 Å². The second-order valence-corrected chi connectivity index (χ2v) is 8.74. The van der Waals surface area contributed by atoms with Gasteiger partial charge in [0, 0.05) is 11.6 Å². The van der Waals surface area contributed by atoms with Crippen LogP contribution in [-0.2, 0) is 11.3 Å². The average Bonchev–Trinajstić information content (AvgIpc) is 3.08. The van der Waals surface area contributed by atoms with E-state index in [9.17, 15) is 9.18 Å². The van der Waals surface area contributed by atoms with Gasteiger partial charge in [-0.2, -0.15) is 0 Å². The van der Waals surface area contributed by atoms with Gasteiger partial charge in [0.2, 0.25) is 5.91 Å². The van der Waals surface area contributed by atoms with E-state index in [0.717, 1.165) is 5.56 Å². The van der Waals surface area contributed by atoms with Gasteiger partial charge in [-0.1, -0.05) is 67.5 Å². The standard InChI is InChI=1S/C22H24ClFN4OS/c1-14(2)12-28-21(17-9-5-7-11-19(17)24)26-27-22(28)30-13-20(29)25-15(3)16-8-4-6-10-18(16)23/h4-11,14-15H,12-13H2,1-3H3,(H,25,29). The maximum absolute atomic E-state index is 14.3. The number of rotatable bonds is 8. The predicted octanol–water partition coefficient (Wildman–Crippen LogP) is 5.36. The zero-order valence-corrected chi connectivity index (χ0v) is 18.7. The summed E-state index contributed by atoms with van der Waals surface area (Å²) in [5.41, 5.74) is 1.26. The quantitative estimate of drug-likeness (QED) is 0.473. The number of aromatic nitrogens is 3. The number of benzene rings is 2. The van der Waals surface area contributed by atoms with E-state index in [1.807, 2.05) is 29.7 Å². The molecule has 0 saturated heterocycles. The maximum atomic E-state index is 14.3. The van der Waals surface area contributed by atoms with Crippen LogP contribution in [0.25, 0.3) is 11.4 Å². The molecule has 0 aliphatic rings. The van der Waals surface area contributed by atoms with Gasteiger partial charge in [-0.05, 0) is 36.6 Å². The van der Waals surface area contributed by atoms with Gasteiger partial charge in [-0.25, -0.2) is 4.39 Å². The Morgan fingerprint density at radius 2 is 1.83 bits per heavy atom. The highest BCUT2D eigenvalue weighted by Gasteiger charge is 2.19. The summed E-state index contributed by atoms with van der Waals surface area (Å²) in [6.07, 6.45) is 0. The Kier molecular flexibility index (Phi) is 7.50. The number of hydrogen-bond donors (Lipinski definition) is 1. The Bertz CT molecular complexity index is 1020. The van der Waals surface area contributed by atoms with E-state index >= 15 is 0 Å². The Balaban J connectivity index is 1.72. The van der Waals surface area contributed by atoms with Crippen LogP contribution in [0.3, 0.4) is 0 Å². The maximum Gasteiger partial charge on any atom is 0.230 e. The van der Waals surface area contributed by atoms with Crippen LogP contribution in [0.4, 0.5) is 4.39 Å². The van der Waals surface area contributed by atoms with Gasteiger partial charge in [-0.15, -0.1) is 10.2 Å². The Labute approximate surface area is 185 Å². The van der Waals surface area contributed by atoms with Crippen molar-refractivity contribution in [2.24, 2.45) is 5.92 Å². The van der Waals surface area contributed by atoms with Crippen LogP contribution in [0, 0.1) is 11.7 Å². The van der Waals surface area contributed by atoms with Crippen molar-refractivity contribution in [1.82, 2.24) is 20.1 Å². The summed E-state index contributed by atoms with van der Waals surface area (Å²) in [4.78, 5) is 12.5. The molecular weight excluding hydrogens is 423 g/mol. The lowest BCUT2D eigenvalue weighted by atomic mass is 10.1. The van der Waals surface area contributed by atoms with E-state index in [-0.39, 0.29) is 23.5 Å². The SMILES string of the molecule is CC(C)Cn1c(SCC(=O)NC(C)c2ccccc2Cl)nnc1-c1ccccc1F. The molecule has 3 aromatic rings. The molecule has 158 valence electrons. The first-order valence-corrected chi connectivity index (χ1v) is 11.1. The second kappa shape index (κ2) is 10.1. The number of nitrogens with one attached hydrogen (secondary N) is 1. The molecule has 1 aromatic heterocycles. The van der Waals surface area contributed by atoms with Gasteiger partial charge in [0.05, 0.1) is 17.4 Å². The number of halogens is 2. The van der Waals surface area contributed by atoms with Crippen molar-refractivity contribution in [2.45, 2.75) is 38.5 Å². The lowest BCUT2D eigenvalue weighted by Crippen LogP contribution is -2.28. The molecule has 0 aliphatic carbocycles. The topological polar surface area (TPSA) is 59.8 Å². The number of nitrogens with zero attached hydrogens (tertiary/aromatic N) is 3. The van der Waals surface area contributed by atoms with Crippen LogP contribution in [0.2, 0.25) is 5.02 Å². The molecule has 30 heavy (non-hydrogen) atoms. The molecule has 3 rings (SSSR count). The van der Waals surface area contributed by atoms with Crippen LogP contribution in [-0.4, -0.2) is 26.4 Å². The molecule has 0 fully saturated rings. The summed E-state index contributed by atoms with van der Waals surface area (Å²) in [6.45, 7) is 6.65. The zero-order valence-electron chi connectivity index (χ0n) is 17.1. The second-order valence-electron chi connectivity index (χ2n) is 7.39. The minimum absolute atomic E-state index is 0.140. The molecule has 2 aromatic carbocycles. The Morgan fingerprint density at radius 1 is 1.13 bits per heavy atom. The molecule has 0 saturated carbocycles. The van der Waals surface area contributed by atoms with Gasteiger partial charge in [-0.3, -0.25) is 4.79 Å². The van der Waals surface area contributed by atoms with Crippen molar-refractivity contribution in [3.63, 3.8) is 0 Å². The summed E-state index contributed by atoms with van der Waals surface area (Å²) >= 11 is 7.49. The van der Waals surface area contributed by atoms with Crippen molar-refractivity contribution in [2.75, 3.05) is 5.75 Å². The lowest BCUT2D eigenvalue weighted by molar-refractivity contribution is -0.119. The smallest absolute Gasteiger partial charge is 0.230 e. The first kappa shape index (κ1) is 22.3. The summed E-state index contributed by atoms with van der Waals surface area (Å²) < 4.78 is 16.2. The zero-order chi connectivity index (χ0) is 21.7. The van der Waals surface area contributed by atoms with Crippen LogP contribution >= 0.6 is 23.4 Å². The van der Waals surface area contributed by atoms with E-state index in [0.29, 0.717) is 34.0 Å². The fourth-order valence-electron chi connectivity index (χ4n) is 3.08. The molecule has 1 amide bonds. The fraction of sp³-hybridized carbons (Fsp3) is 0.318. The highest BCUT2D eigenvalue weighted by molar-refractivity contribution is 7.99. The third-order valence-corrected chi connectivity index (χ3v) is 5.77. The molecule has 8 heteroatoms. The third-order valence-electron chi connectivity index (χ3n) is 4.46. The molecule has 1 heterocycles. The van der Waals surface area contributed by atoms with Gasteiger partial charge >= 0.3 is 0 Å². The van der Waals surface area contributed by atoms with Crippen molar-refractivity contribution in [3.8, 4) is 11.4 Å². The van der Waals surface area contributed by atoms with Crippen LogP contribution in [0.15, 0.2) is 53.7 Å². The predicted molar refractivity (Wildman–Crippen MR) is 119 cm³/mol. The highest BCUT2D eigenvalue weighted by atomic mass is 35.5. The van der Waals surface area contributed by atoms with Gasteiger partial charge < -0.3 is 9.88 Å². The largest absolute Gasteiger partial charge is 0.349 e. The summed E-state index contributed by atoms with van der Waals surface area (Å²) in [5.74, 6) is 0.452. The summed E-state index contributed by atoms with van der Waals surface area (Å²) in [5, 5.41) is 12.6. The van der Waals surface area contributed by atoms with E-state index in [4.69, 9.17) is 11.6 Å². The van der Waals surface area contributed by atoms with Gasteiger partial charge in [0.1, 0.15) is 5.82 Å². The van der Waals surface area contributed by atoms with Gasteiger partial charge in [0.15, 0.2) is 11.0 Å². The number of amides is 1. The summed E-state index contributed by atoms with van der Waals surface area (Å²) in [7, 11) is 0. The molecule has 0 bridgehead atoms. The van der Waals surface area contributed by atoms with E-state index < -0.39 is 0 Å². The molecular formula is C22H24ClFN4OS. The number of thioether (sulfide) groups is 1. The molecule has 1 unspecified atom stereocenters. The van der Waals surface area contributed by atoms with Crippen LogP contribution < -0.4 is 5.32 Å². The van der Waals surface area contributed by atoms with Crippen molar-refractivity contribution < 1.29 is 9.18 Å².